The summed E-state index contributed by atoms with van der Waals surface area (Å²) in [5.74, 6) is 0. The van der Waals surface area contributed by atoms with Gasteiger partial charge in [-0.05, 0) is 24.1 Å². The first-order chi connectivity index (χ1) is 6.15. The van der Waals surface area contributed by atoms with E-state index in [1.165, 1.54) is 0 Å². The molecule has 4 nitrogen and oxygen atoms in total. The van der Waals surface area contributed by atoms with Crippen LogP contribution in [0.4, 0.5) is 17.1 Å². The van der Waals surface area contributed by atoms with Crippen molar-refractivity contribution in [2.45, 2.75) is 6.42 Å². The van der Waals surface area contributed by atoms with Gasteiger partial charge in [0, 0.05) is 7.11 Å². The lowest BCUT2D eigenvalue weighted by Crippen LogP contribution is -2.03. The molecule has 0 saturated heterocycles. The van der Waals surface area contributed by atoms with Crippen LogP contribution in [-0.4, -0.2) is 13.7 Å². The quantitative estimate of drug-likeness (QED) is 0.596. The van der Waals surface area contributed by atoms with Crippen LogP contribution in [0.1, 0.15) is 5.56 Å². The lowest BCUT2D eigenvalue weighted by molar-refractivity contribution is 0.202. The van der Waals surface area contributed by atoms with Gasteiger partial charge in [-0.1, -0.05) is 0 Å². The Balaban J connectivity index is 2.86. The van der Waals surface area contributed by atoms with Gasteiger partial charge in [0.15, 0.2) is 0 Å². The number of ether oxygens (including phenoxy) is 1. The van der Waals surface area contributed by atoms with E-state index in [0.29, 0.717) is 23.7 Å². The maximum Gasteiger partial charge on any atom is 0.0781 e. The summed E-state index contributed by atoms with van der Waals surface area (Å²) in [6.45, 7) is 0.656. The Labute approximate surface area is 77.7 Å². The molecule has 0 aliphatic rings. The molecule has 0 radical (unpaired) electrons. The van der Waals surface area contributed by atoms with E-state index in [0.717, 1.165) is 12.0 Å². The van der Waals surface area contributed by atoms with Gasteiger partial charge in [0.1, 0.15) is 0 Å². The van der Waals surface area contributed by atoms with Gasteiger partial charge in [0.05, 0.1) is 23.7 Å². The van der Waals surface area contributed by atoms with Crippen LogP contribution in [0.2, 0.25) is 0 Å². The molecule has 1 aromatic rings. The van der Waals surface area contributed by atoms with Crippen molar-refractivity contribution in [1.29, 1.82) is 0 Å². The third-order valence-electron chi connectivity index (χ3n) is 1.90. The highest BCUT2D eigenvalue weighted by Crippen LogP contribution is 2.24. The van der Waals surface area contributed by atoms with Crippen LogP contribution in [0.5, 0.6) is 0 Å². The van der Waals surface area contributed by atoms with Crippen LogP contribution in [0, 0.1) is 0 Å². The summed E-state index contributed by atoms with van der Waals surface area (Å²) in [5, 5.41) is 0. The zero-order valence-electron chi connectivity index (χ0n) is 7.71. The first-order valence-electron chi connectivity index (χ1n) is 4.07. The summed E-state index contributed by atoms with van der Waals surface area (Å²) < 4.78 is 4.94. The number of nitrogen functional groups attached to an aromatic ring is 3. The molecule has 13 heavy (non-hydrogen) atoms. The predicted molar refractivity (Wildman–Crippen MR) is 55.3 cm³/mol. The number of methoxy groups -OCH3 is 1. The SMILES string of the molecule is COCCc1cc(N)c(N)c(N)c1. The number of hydrogen-bond acceptors (Lipinski definition) is 4. The van der Waals surface area contributed by atoms with Crippen molar-refractivity contribution in [3.8, 4) is 0 Å². The summed E-state index contributed by atoms with van der Waals surface area (Å²) in [7, 11) is 1.66. The van der Waals surface area contributed by atoms with Crippen LogP contribution in [-0.2, 0) is 11.2 Å². The summed E-state index contributed by atoms with van der Waals surface area (Å²) in [6.07, 6.45) is 0.797. The number of benzene rings is 1. The Morgan fingerprint density at radius 1 is 1.15 bits per heavy atom. The predicted octanol–water partition coefficient (Wildman–Crippen LogP) is 0.622. The number of anilines is 3. The molecule has 0 bridgehead atoms. The van der Waals surface area contributed by atoms with Crippen molar-refractivity contribution in [1.82, 2.24) is 0 Å². The molecule has 0 spiro atoms. The normalized spacial score (nSPS) is 10.2. The van der Waals surface area contributed by atoms with Crippen molar-refractivity contribution >= 4 is 17.1 Å². The highest BCUT2D eigenvalue weighted by Gasteiger charge is 2.02. The second-order valence-electron chi connectivity index (χ2n) is 2.93. The molecule has 1 aromatic carbocycles. The fourth-order valence-corrected chi connectivity index (χ4v) is 1.13. The summed E-state index contributed by atoms with van der Waals surface area (Å²) in [5.41, 5.74) is 19.5. The standard InChI is InChI=1S/C9H15N3O/c1-13-3-2-6-4-7(10)9(12)8(11)5-6/h4-5H,2-3,10-12H2,1H3. The molecule has 72 valence electrons. The molecule has 4 heteroatoms. The van der Waals surface area contributed by atoms with E-state index in [1.54, 1.807) is 7.11 Å². The topological polar surface area (TPSA) is 87.3 Å². The first kappa shape index (κ1) is 9.67. The molecule has 1 rings (SSSR count). The monoisotopic (exact) mass is 181 g/mol. The molecule has 0 unspecified atom stereocenters. The van der Waals surface area contributed by atoms with E-state index in [2.05, 4.69) is 0 Å². The molecule has 0 heterocycles. The molecule has 0 aromatic heterocycles. The van der Waals surface area contributed by atoms with Crippen LogP contribution in [0.15, 0.2) is 12.1 Å². The first-order valence-corrected chi connectivity index (χ1v) is 4.07. The van der Waals surface area contributed by atoms with Gasteiger partial charge in [-0.25, -0.2) is 0 Å². The van der Waals surface area contributed by atoms with Crippen molar-refractivity contribution in [3.05, 3.63) is 17.7 Å². The fraction of sp³-hybridized carbons (Fsp3) is 0.333. The highest BCUT2D eigenvalue weighted by molar-refractivity contribution is 5.78. The molecular formula is C9H15N3O. The minimum Gasteiger partial charge on any atom is -0.397 e. The zero-order valence-corrected chi connectivity index (χ0v) is 7.71. The third kappa shape index (κ3) is 2.26. The largest absolute Gasteiger partial charge is 0.397 e. The van der Waals surface area contributed by atoms with Gasteiger partial charge in [-0.15, -0.1) is 0 Å². The fourth-order valence-electron chi connectivity index (χ4n) is 1.13. The highest BCUT2D eigenvalue weighted by atomic mass is 16.5. The van der Waals surface area contributed by atoms with Gasteiger partial charge in [0.2, 0.25) is 0 Å². The van der Waals surface area contributed by atoms with E-state index < -0.39 is 0 Å². The van der Waals surface area contributed by atoms with Crippen molar-refractivity contribution in [2.24, 2.45) is 0 Å². The smallest absolute Gasteiger partial charge is 0.0781 e. The lowest BCUT2D eigenvalue weighted by Gasteiger charge is -2.07. The third-order valence-corrected chi connectivity index (χ3v) is 1.90. The Bertz CT molecular complexity index is 276. The van der Waals surface area contributed by atoms with Gasteiger partial charge in [0.25, 0.3) is 0 Å². The van der Waals surface area contributed by atoms with Gasteiger partial charge in [-0.2, -0.15) is 0 Å². The van der Waals surface area contributed by atoms with Crippen LogP contribution in [0.3, 0.4) is 0 Å². The molecule has 0 amide bonds. The molecule has 6 N–H and O–H groups in total. The average molecular weight is 181 g/mol. The summed E-state index contributed by atoms with van der Waals surface area (Å²) >= 11 is 0. The van der Waals surface area contributed by atoms with Gasteiger partial charge < -0.3 is 21.9 Å². The lowest BCUT2D eigenvalue weighted by atomic mass is 10.1. The van der Waals surface area contributed by atoms with E-state index >= 15 is 0 Å². The van der Waals surface area contributed by atoms with Crippen molar-refractivity contribution < 1.29 is 4.74 Å². The Morgan fingerprint density at radius 3 is 2.15 bits per heavy atom. The maximum absolute atomic E-state index is 5.65. The van der Waals surface area contributed by atoms with Crippen LogP contribution >= 0.6 is 0 Å². The van der Waals surface area contributed by atoms with Gasteiger partial charge in [-0.3, -0.25) is 0 Å². The minimum absolute atomic E-state index is 0.459. The number of hydrogen-bond donors (Lipinski definition) is 3. The molecule has 0 aliphatic heterocycles. The maximum atomic E-state index is 5.65. The summed E-state index contributed by atoms with van der Waals surface area (Å²) in [4.78, 5) is 0. The van der Waals surface area contributed by atoms with Crippen molar-refractivity contribution in [3.63, 3.8) is 0 Å². The molecule has 0 fully saturated rings. The van der Waals surface area contributed by atoms with Gasteiger partial charge >= 0.3 is 0 Å². The van der Waals surface area contributed by atoms with E-state index in [-0.39, 0.29) is 0 Å². The zero-order chi connectivity index (χ0) is 9.84. The second-order valence-corrected chi connectivity index (χ2v) is 2.93. The minimum atomic E-state index is 0.459. The molecule has 0 atom stereocenters. The molecule has 0 aliphatic carbocycles. The van der Waals surface area contributed by atoms with E-state index in [4.69, 9.17) is 21.9 Å². The Kier molecular flexibility index (Phi) is 2.97. The Hall–Kier alpha value is -1.42. The average Bonchev–Trinajstić information content (AvgIpc) is 2.10. The van der Waals surface area contributed by atoms with Crippen LogP contribution < -0.4 is 17.2 Å². The second kappa shape index (κ2) is 4.00. The number of nitrogens with two attached hydrogens (primary N) is 3. The number of rotatable bonds is 3. The Morgan fingerprint density at radius 2 is 1.69 bits per heavy atom. The van der Waals surface area contributed by atoms with Crippen molar-refractivity contribution in [2.75, 3.05) is 30.9 Å². The summed E-state index contributed by atoms with van der Waals surface area (Å²) in [6, 6.07) is 3.65. The van der Waals surface area contributed by atoms with E-state index in [1.807, 2.05) is 12.1 Å². The molecule has 0 saturated carbocycles. The van der Waals surface area contributed by atoms with Crippen LogP contribution in [0.25, 0.3) is 0 Å². The molecular weight excluding hydrogens is 166 g/mol. The van der Waals surface area contributed by atoms with E-state index in [9.17, 15) is 0 Å².